The normalized spacial score (nSPS) is 11.5. The van der Waals surface area contributed by atoms with E-state index >= 15 is 0 Å². The van der Waals surface area contributed by atoms with Crippen LogP contribution in [0.4, 0.5) is 0 Å². The van der Waals surface area contributed by atoms with Crippen molar-refractivity contribution in [1.82, 2.24) is 5.43 Å². The van der Waals surface area contributed by atoms with E-state index in [2.05, 4.69) is 10.4 Å². The van der Waals surface area contributed by atoms with E-state index < -0.39 is 0 Å². The Balaban J connectivity index is 3.13. The van der Waals surface area contributed by atoms with Crippen LogP contribution in [-0.4, -0.2) is 26.1 Å². The van der Waals surface area contributed by atoms with Crippen molar-refractivity contribution in [2.24, 2.45) is 10.8 Å². The molecule has 0 atom stereocenters. The zero-order valence-electron chi connectivity index (χ0n) is 10.7. The topological polar surface area (TPSA) is 68.9 Å². The minimum atomic E-state index is 0.161. The lowest BCUT2D eigenvalue weighted by molar-refractivity contribution is 0.355. The van der Waals surface area contributed by atoms with E-state index in [0.717, 1.165) is 5.56 Å². The van der Waals surface area contributed by atoms with E-state index in [4.69, 9.17) is 15.3 Å². The van der Waals surface area contributed by atoms with E-state index in [1.807, 2.05) is 32.0 Å². The largest absolute Gasteiger partial charge is 0.493 e. The van der Waals surface area contributed by atoms with E-state index in [1.54, 1.807) is 14.2 Å². The lowest BCUT2D eigenvalue weighted by atomic mass is 10.2. The van der Waals surface area contributed by atoms with Crippen LogP contribution in [0.25, 0.3) is 0 Å². The van der Waals surface area contributed by atoms with E-state index in [9.17, 15) is 0 Å². The molecule has 17 heavy (non-hydrogen) atoms. The van der Waals surface area contributed by atoms with Gasteiger partial charge in [-0.15, -0.1) is 0 Å². The third-order valence-electron chi connectivity index (χ3n) is 2.18. The fraction of sp³-hybridized carbons (Fsp3) is 0.417. The number of nitrogens with two attached hydrogens (primary N) is 1. The van der Waals surface area contributed by atoms with Gasteiger partial charge in [-0.05, 0) is 32.0 Å². The van der Waals surface area contributed by atoms with Crippen LogP contribution in [0, 0.1) is 0 Å². The van der Waals surface area contributed by atoms with Gasteiger partial charge in [0.1, 0.15) is 5.84 Å². The van der Waals surface area contributed by atoms with Crippen molar-refractivity contribution >= 4 is 5.84 Å². The third kappa shape index (κ3) is 3.35. The van der Waals surface area contributed by atoms with Crippen LogP contribution in [0.2, 0.25) is 0 Å². The summed E-state index contributed by atoms with van der Waals surface area (Å²) in [6.45, 7) is 3.97. The molecule has 0 aliphatic carbocycles. The van der Waals surface area contributed by atoms with E-state index in [-0.39, 0.29) is 6.04 Å². The quantitative estimate of drug-likeness (QED) is 0.359. The summed E-state index contributed by atoms with van der Waals surface area (Å²) in [7, 11) is 3.19. The van der Waals surface area contributed by atoms with Crippen LogP contribution in [0.15, 0.2) is 23.2 Å². The summed E-state index contributed by atoms with van der Waals surface area (Å²) in [6, 6.07) is 5.69. The van der Waals surface area contributed by atoms with Gasteiger partial charge in [-0.3, -0.25) is 4.99 Å². The molecule has 0 aromatic heterocycles. The molecule has 1 aromatic rings. The van der Waals surface area contributed by atoms with Crippen LogP contribution in [0.3, 0.4) is 0 Å². The Labute approximate surface area is 102 Å². The number of hydrogen-bond acceptors (Lipinski definition) is 4. The fourth-order valence-electron chi connectivity index (χ4n) is 1.44. The highest BCUT2D eigenvalue weighted by molar-refractivity contribution is 5.99. The maximum absolute atomic E-state index is 5.46. The summed E-state index contributed by atoms with van der Waals surface area (Å²) < 4.78 is 10.4. The molecule has 5 heteroatoms. The number of rotatable bonds is 4. The number of ether oxygens (including phenoxy) is 2. The lowest BCUT2D eigenvalue weighted by Crippen LogP contribution is -2.32. The molecule has 5 nitrogen and oxygen atoms in total. The molecule has 0 spiro atoms. The van der Waals surface area contributed by atoms with Crippen LogP contribution in [0.1, 0.15) is 19.4 Å². The summed E-state index contributed by atoms with van der Waals surface area (Å²) in [4.78, 5) is 4.38. The molecule has 1 aromatic carbocycles. The molecular weight excluding hydrogens is 218 g/mol. The van der Waals surface area contributed by atoms with Gasteiger partial charge in [0.2, 0.25) is 0 Å². The first-order valence-electron chi connectivity index (χ1n) is 5.39. The number of nitrogens with one attached hydrogen (secondary N) is 1. The Morgan fingerprint density at radius 2 is 1.88 bits per heavy atom. The zero-order valence-corrected chi connectivity index (χ0v) is 10.7. The molecular formula is C12H19N3O2. The molecule has 3 N–H and O–H groups in total. The van der Waals surface area contributed by atoms with Crippen LogP contribution < -0.4 is 20.7 Å². The fourth-order valence-corrected chi connectivity index (χ4v) is 1.44. The van der Waals surface area contributed by atoms with E-state index in [1.165, 1.54) is 0 Å². The molecule has 0 amide bonds. The molecule has 0 radical (unpaired) electrons. The number of aliphatic imine (C=N–C) groups is 1. The average Bonchev–Trinajstić information content (AvgIpc) is 2.34. The summed E-state index contributed by atoms with van der Waals surface area (Å²) in [5.74, 6) is 7.42. The summed E-state index contributed by atoms with van der Waals surface area (Å²) in [6.07, 6.45) is 0. The standard InChI is InChI=1S/C12H19N3O2/c1-8(2)14-12(15-13)9-5-6-10(16-3)11(7-9)17-4/h5-8H,13H2,1-4H3,(H,14,15). The predicted molar refractivity (Wildman–Crippen MR) is 68.5 cm³/mol. The van der Waals surface area contributed by atoms with Gasteiger partial charge in [0.15, 0.2) is 11.5 Å². The van der Waals surface area contributed by atoms with Gasteiger partial charge in [0.05, 0.1) is 14.2 Å². The summed E-state index contributed by atoms with van der Waals surface area (Å²) in [5, 5.41) is 0. The van der Waals surface area contributed by atoms with Crippen molar-refractivity contribution in [3.05, 3.63) is 23.8 Å². The number of hydrogen-bond donors (Lipinski definition) is 2. The number of hydrazine groups is 1. The Morgan fingerprint density at radius 3 is 2.35 bits per heavy atom. The number of nitrogens with zero attached hydrogens (tertiary/aromatic N) is 1. The monoisotopic (exact) mass is 237 g/mol. The third-order valence-corrected chi connectivity index (χ3v) is 2.18. The van der Waals surface area contributed by atoms with Gasteiger partial charge in [0, 0.05) is 11.6 Å². The Bertz CT molecular complexity index is 403. The van der Waals surface area contributed by atoms with Crippen LogP contribution in [-0.2, 0) is 0 Å². The molecule has 0 aliphatic rings. The number of methoxy groups -OCH3 is 2. The first-order valence-corrected chi connectivity index (χ1v) is 5.39. The maximum Gasteiger partial charge on any atom is 0.161 e. The van der Waals surface area contributed by atoms with Gasteiger partial charge >= 0.3 is 0 Å². The molecule has 0 bridgehead atoms. The molecule has 0 saturated carbocycles. The second kappa shape index (κ2) is 6.10. The molecule has 0 aliphatic heterocycles. The van der Waals surface area contributed by atoms with Gasteiger partial charge < -0.3 is 14.9 Å². The maximum atomic E-state index is 5.46. The molecule has 94 valence electrons. The van der Waals surface area contributed by atoms with Crippen molar-refractivity contribution in [1.29, 1.82) is 0 Å². The van der Waals surface area contributed by atoms with Gasteiger partial charge in [-0.1, -0.05) is 0 Å². The second-order valence-electron chi connectivity index (χ2n) is 3.79. The van der Waals surface area contributed by atoms with Crippen molar-refractivity contribution in [2.75, 3.05) is 14.2 Å². The van der Waals surface area contributed by atoms with Crippen molar-refractivity contribution in [3.8, 4) is 11.5 Å². The summed E-state index contributed by atoms with van der Waals surface area (Å²) in [5.41, 5.74) is 3.45. The highest BCUT2D eigenvalue weighted by atomic mass is 16.5. The van der Waals surface area contributed by atoms with Crippen molar-refractivity contribution in [3.63, 3.8) is 0 Å². The molecule has 0 heterocycles. The first-order chi connectivity index (χ1) is 8.12. The van der Waals surface area contributed by atoms with Crippen LogP contribution in [0.5, 0.6) is 11.5 Å². The van der Waals surface area contributed by atoms with Gasteiger partial charge in [-0.25, -0.2) is 5.84 Å². The van der Waals surface area contributed by atoms with Crippen LogP contribution >= 0.6 is 0 Å². The minimum absolute atomic E-state index is 0.161. The number of benzene rings is 1. The second-order valence-corrected chi connectivity index (χ2v) is 3.79. The first kappa shape index (κ1) is 13.3. The molecule has 0 saturated heterocycles. The SMILES string of the molecule is COc1ccc(C(=NC(C)C)NN)cc1OC. The Hall–Kier alpha value is -1.75. The Kier molecular flexibility index (Phi) is 4.78. The molecule has 0 fully saturated rings. The smallest absolute Gasteiger partial charge is 0.161 e. The van der Waals surface area contributed by atoms with E-state index in [0.29, 0.717) is 17.3 Å². The number of amidine groups is 1. The molecule has 1 rings (SSSR count). The highest BCUT2D eigenvalue weighted by Gasteiger charge is 2.08. The minimum Gasteiger partial charge on any atom is -0.493 e. The Morgan fingerprint density at radius 1 is 1.24 bits per heavy atom. The summed E-state index contributed by atoms with van der Waals surface area (Å²) >= 11 is 0. The lowest BCUT2D eigenvalue weighted by Gasteiger charge is -2.11. The predicted octanol–water partition coefficient (Wildman–Crippen LogP) is 1.32. The van der Waals surface area contributed by atoms with Gasteiger partial charge in [-0.2, -0.15) is 0 Å². The molecule has 0 unspecified atom stereocenters. The van der Waals surface area contributed by atoms with Gasteiger partial charge in [0.25, 0.3) is 0 Å². The van der Waals surface area contributed by atoms with Crippen molar-refractivity contribution in [2.45, 2.75) is 19.9 Å². The van der Waals surface area contributed by atoms with Crippen molar-refractivity contribution < 1.29 is 9.47 Å². The zero-order chi connectivity index (χ0) is 12.8. The highest BCUT2D eigenvalue weighted by Crippen LogP contribution is 2.27. The average molecular weight is 237 g/mol.